The van der Waals surface area contributed by atoms with Crippen molar-refractivity contribution < 1.29 is 17.6 Å². The lowest BCUT2D eigenvalue weighted by Gasteiger charge is -2.31. The highest BCUT2D eigenvalue weighted by Crippen LogP contribution is 2.24. The molecule has 0 unspecified atom stereocenters. The number of aromatic nitrogens is 2. The summed E-state index contributed by atoms with van der Waals surface area (Å²) in [5.41, 5.74) is 1.53. The number of nitrogens with one attached hydrogen (secondary N) is 1. The maximum atomic E-state index is 13.1. The van der Waals surface area contributed by atoms with Crippen LogP contribution in [0.1, 0.15) is 18.5 Å². The van der Waals surface area contributed by atoms with Crippen molar-refractivity contribution in [1.82, 2.24) is 19.0 Å². The Morgan fingerprint density at radius 2 is 2.00 bits per heavy atom. The molecule has 0 bridgehead atoms. The van der Waals surface area contributed by atoms with Crippen LogP contribution in [0.2, 0.25) is 0 Å². The SMILES string of the molecule is O=C(NCc1cn2ccccc2n1)[C@H]1CCCN(S(=O)(=O)c2ccc(F)cc2)C1. The number of amides is 1. The molecular formula is C20H21FN4O3S. The molecule has 1 aliphatic rings. The van der Waals surface area contributed by atoms with E-state index >= 15 is 0 Å². The molecule has 0 radical (unpaired) electrons. The van der Waals surface area contributed by atoms with Gasteiger partial charge in [0.1, 0.15) is 11.5 Å². The van der Waals surface area contributed by atoms with Crippen LogP contribution in [-0.4, -0.2) is 41.1 Å². The van der Waals surface area contributed by atoms with Gasteiger partial charge in [-0.15, -0.1) is 0 Å². The van der Waals surface area contributed by atoms with Gasteiger partial charge in [0, 0.05) is 25.5 Å². The monoisotopic (exact) mass is 416 g/mol. The van der Waals surface area contributed by atoms with E-state index in [1.807, 2.05) is 35.0 Å². The van der Waals surface area contributed by atoms with E-state index in [-0.39, 0.29) is 23.9 Å². The predicted octanol–water partition coefficient (Wildman–Crippen LogP) is 2.19. The minimum Gasteiger partial charge on any atom is -0.350 e. The van der Waals surface area contributed by atoms with Crippen LogP contribution in [0.5, 0.6) is 0 Å². The van der Waals surface area contributed by atoms with Gasteiger partial charge in [0.25, 0.3) is 0 Å². The molecule has 1 saturated heterocycles. The third-order valence-electron chi connectivity index (χ3n) is 5.06. The van der Waals surface area contributed by atoms with Crippen molar-refractivity contribution >= 4 is 21.6 Å². The Bertz CT molecular complexity index is 1100. The minimum absolute atomic E-state index is 0.0321. The van der Waals surface area contributed by atoms with E-state index in [2.05, 4.69) is 10.3 Å². The number of imidazole rings is 1. The second-order valence-electron chi connectivity index (χ2n) is 7.07. The summed E-state index contributed by atoms with van der Waals surface area (Å²) >= 11 is 0. The normalized spacial score (nSPS) is 18.0. The summed E-state index contributed by atoms with van der Waals surface area (Å²) in [6.45, 7) is 0.731. The topological polar surface area (TPSA) is 83.8 Å². The van der Waals surface area contributed by atoms with E-state index in [4.69, 9.17) is 0 Å². The first-order chi connectivity index (χ1) is 13.9. The molecular weight excluding hydrogens is 395 g/mol. The zero-order chi connectivity index (χ0) is 20.4. The zero-order valence-corrected chi connectivity index (χ0v) is 16.5. The van der Waals surface area contributed by atoms with Crippen LogP contribution in [0.25, 0.3) is 5.65 Å². The second kappa shape index (κ2) is 7.92. The fraction of sp³-hybridized carbons (Fsp3) is 0.300. The molecule has 3 aromatic rings. The van der Waals surface area contributed by atoms with E-state index < -0.39 is 21.8 Å². The quantitative estimate of drug-likeness (QED) is 0.691. The lowest BCUT2D eigenvalue weighted by atomic mass is 9.99. The van der Waals surface area contributed by atoms with Crippen LogP contribution in [0, 0.1) is 11.7 Å². The fourth-order valence-corrected chi connectivity index (χ4v) is 5.05. The molecule has 1 aliphatic heterocycles. The smallest absolute Gasteiger partial charge is 0.243 e. The Hall–Kier alpha value is -2.78. The first kappa shape index (κ1) is 19.5. The van der Waals surface area contributed by atoms with Crippen LogP contribution in [0.4, 0.5) is 4.39 Å². The number of pyridine rings is 1. The highest BCUT2D eigenvalue weighted by molar-refractivity contribution is 7.89. The molecule has 1 fully saturated rings. The van der Waals surface area contributed by atoms with Gasteiger partial charge in [-0.1, -0.05) is 6.07 Å². The van der Waals surface area contributed by atoms with Crippen LogP contribution >= 0.6 is 0 Å². The number of carbonyl (C=O) groups excluding carboxylic acids is 1. The molecule has 7 nitrogen and oxygen atoms in total. The maximum Gasteiger partial charge on any atom is 0.243 e. The van der Waals surface area contributed by atoms with Crippen molar-refractivity contribution in [1.29, 1.82) is 0 Å². The molecule has 1 atom stereocenters. The fourth-order valence-electron chi connectivity index (χ4n) is 3.52. The molecule has 1 aromatic carbocycles. The number of piperidine rings is 1. The Morgan fingerprint density at radius 3 is 2.76 bits per heavy atom. The highest BCUT2D eigenvalue weighted by Gasteiger charge is 2.33. The van der Waals surface area contributed by atoms with E-state index in [1.165, 1.54) is 16.4 Å². The molecule has 1 N–H and O–H groups in total. The van der Waals surface area contributed by atoms with Crippen LogP contribution < -0.4 is 5.32 Å². The lowest BCUT2D eigenvalue weighted by molar-refractivity contribution is -0.126. The van der Waals surface area contributed by atoms with Gasteiger partial charge in [-0.25, -0.2) is 17.8 Å². The molecule has 4 rings (SSSR count). The van der Waals surface area contributed by atoms with E-state index in [0.29, 0.717) is 19.4 Å². The molecule has 152 valence electrons. The van der Waals surface area contributed by atoms with Gasteiger partial charge in [-0.3, -0.25) is 4.79 Å². The second-order valence-corrected chi connectivity index (χ2v) is 9.01. The van der Waals surface area contributed by atoms with E-state index in [0.717, 1.165) is 23.5 Å². The average molecular weight is 416 g/mol. The summed E-state index contributed by atoms with van der Waals surface area (Å²) in [5, 5.41) is 2.86. The van der Waals surface area contributed by atoms with Gasteiger partial charge in [-0.2, -0.15) is 4.31 Å². The van der Waals surface area contributed by atoms with E-state index in [9.17, 15) is 17.6 Å². The summed E-state index contributed by atoms with van der Waals surface area (Å²) in [7, 11) is -3.76. The van der Waals surface area contributed by atoms with Crippen LogP contribution in [-0.2, 0) is 21.4 Å². The zero-order valence-electron chi connectivity index (χ0n) is 15.7. The van der Waals surface area contributed by atoms with Gasteiger partial charge in [-0.05, 0) is 49.2 Å². The Morgan fingerprint density at radius 1 is 1.21 bits per heavy atom. The van der Waals surface area contributed by atoms with E-state index in [1.54, 1.807) is 0 Å². The summed E-state index contributed by atoms with van der Waals surface area (Å²) < 4.78 is 41.9. The number of halogens is 1. The molecule has 29 heavy (non-hydrogen) atoms. The number of hydrogen-bond donors (Lipinski definition) is 1. The minimum atomic E-state index is -3.76. The average Bonchev–Trinajstić information content (AvgIpc) is 3.15. The van der Waals surface area contributed by atoms with Gasteiger partial charge in [0.05, 0.1) is 23.1 Å². The summed E-state index contributed by atoms with van der Waals surface area (Å²) in [6.07, 6.45) is 4.94. The van der Waals surface area contributed by atoms with Crippen molar-refractivity contribution in [3.63, 3.8) is 0 Å². The van der Waals surface area contributed by atoms with Gasteiger partial charge >= 0.3 is 0 Å². The molecule has 0 spiro atoms. The maximum absolute atomic E-state index is 13.1. The van der Waals surface area contributed by atoms with Gasteiger partial charge in [0.2, 0.25) is 15.9 Å². The Kier molecular flexibility index (Phi) is 5.33. The third kappa shape index (κ3) is 4.15. The first-order valence-electron chi connectivity index (χ1n) is 9.39. The summed E-state index contributed by atoms with van der Waals surface area (Å²) in [4.78, 5) is 17.1. The predicted molar refractivity (Wildman–Crippen MR) is 105 cm³/mol. The standard InChI is InChI=1S/C20H21FN4O3S/c21-16-6-8-18(9-7-16)29(27,28)25-11-3-4-15(13-25)20(26)22-12-17-14-24-10-2-1-5-19(24)23-17/h1-2,5-10,14-15H,3-4,11-13H2,(H,22,26)/t15-/m0/s1. The number of carbonyl (C=O) groups is 1. The first-order valence-corrected chi connectivity index (χ1v) is 10.8. The molecule has 0 saturated carbocycles. The third-order valence-corrected chi connectivity index (χ3v) is 6.94. The Labute approximate surface area is 168 Å². The molecule has 2 aromatic heterocycles. The number of sulfonamides is 1. The molecule has 1 amide bonds. The molecule has 0 aliphatic carbocycles. The Balaban J connectivity index is 1.40. The number of benzene rings is 1. The van der Waals surface area contributed by atoms with Gasteiger partial charge < -0.3 is 9.72 Å². The number of fused-ring (bicyclic) bond motifs is 1. The summed E-state index contributed by atoms with van der Waals surface area (Å²) in [5.74, 6) is -1.12. The number of rotatable bonds is 5. The number of nitrogens with zero attached hydrogens (tertiary/aromatic N) is 3. The van der Waals surface area contributed by atoms with Crippen molar-refractivity contribution in [2.24, 2.45) is 5.92 Å². The molecule has 3 heterocycles. The largest absolute Gasteiger partial charge is 0.350 e. The molecule has 9 heteroatoms. The van der Waals surface area contributed by atoms with Gasteiger partial charge in [0.15, 0.2) is 0 Å². The van der Waals surface area contributed by atoms with Crippen LogP contribution in [0.3, 0.4) is 0 Å². The van der Waals surface area contributed by atoms with Crippen molar-refractivity contribution in [2.45, 2.75) is 24.3 Å². The lowest BCUT2D eigenvalue weighted by Crippen LogP contribution is -2.45. The highest BCUT2D eigenvalue weighted by atomic mass is 32.2. The number of hydrogen-bond acceptors (Lipinski definition) is 4. The van der Waals surface area contributed by atoms with Crippen molar-refractivity contribution in [2.75, 3.05) is 13.1 Å². The van der Waals surface area contributed by atoms with Crippen molar-refractivity contribution in [3.05, 3.63) is 66.4 Å². The summed E-state index contributed by atoms with van der Waals surface area (Å²) in [6, 6.07) is 10.4. The van der Waals surface area contributed by atoms with Crippen LogP contribution in [0.15, 0.2) is 59.8 Å². The van der Waals surface area contributed by atoms with Crippen molar-refractivity contribution in [3.8, 4) is 0 Å².